The lowest BCUT2D eigenvalue weighted by atomic mass is 10.2. The van der Waals surface area contributed by atoms with Gasteiger partial charge < -0.3 is 10.0 Å². The average molecular weight is 362 g/mol. The van der Waals surface area contributed by atoms with Crippen molar-refractivity contribution in [3.8, 4) is 0 Å². The summed E-state index contributed by atoms with van der Waals surface area (Å²) in [7, 11) is -3.49. The van der Waals surface area contributed by atoms with Crippen LogP contribution in [0.4, 0.5) is 0 Å². The zero-order chi connectivity index (χ0) is 14.8. The van der Waals surface area contributed by atoms with E-state index in [1.54, 1.807) is 0 Å². The van der Waals surface area contributed by atoms with Crippen LogP contribution in [0.1, 0.15) is 23.2 Å². The van der Waals surface area contributed by atoms with Gasteiger partial charge in [-0.1, -0.05) is 0 Å². The van der Waals surface area contributed by atoms with Crippen LogP contribution in [0.15, 0.2) is 27.6 Å². The van der Waals surface area contributed by atoms with Gasteiger partial charge in [-0.25, -0.2) is 13.2 Å². The third-order valence-corrected chi connectivity index (χ3v) is 6.07. The third kappa shape index (κ3) is 3.59. The molecule has 1 saturated heterocycles. The lowest BCUT2D eigenvalue weighted by molar-refractivity contribution is 0.0696. The molecule has 0 aromatic heterocycles. The monoisotopic (exact) mass is 361 g/mol. The first-order chi connectivity index (χ1) is 9.40. The zero-order valence-corrected chi connectivity index (χ0v) is 13.3. The first-order valence-corrected chi connectivity index (χ1v) is 8.82. The topological polar surface area (TPSA) is 74.7 Å². The Labute approximate surface area is 126 Å². The Morgan fingerprint density at radius 1 is 1.30 bits per heavy atom. The SMILES string of the molecule is O=C(O)c1ccc(Br)c(S(=O)(=O)CCN2CCCC2)c1. The molecular weight excluding hydrogens is 346 g/mol. The van der Waals surface area contributed by atoms with E-state index in [4.69, 9.17) is 5.11 Å². The fraction of sp³-hybridized carbons (Fsp3) is 0.462. The van der Waals surface area contributed by atoms with Crippen LogP contribution in [0, 0.1) is 0 Å². The molecule has 2 rings (SSSR count). The molecule has 1 heterocycles. The fourth-order valence-electron chi connectivity index (χ4n) is 2.24. The number of halogens is 1. The van der Waals surface area contributed by atoms with Crippen LogP contribution < -0.4 is 0 Å². The van der Waals surface area contributed by atoms with E-state index in [9.17, 15) is 13.2 Å². The number of carbonyl (C=O) groups is 1. The van der Waals surface area contributed by atoms with Gasteiger partial charge in [0.15, 0.2) is 9.84 Å². The summed E-state index contributed by atoms with van der Waals surface area (Å²) in [6, 6.07) is 4.06. The average Bonchev–Trinajstić information content (AvgIpc) is 2.89. The highest BCUT2D eigenvalue weighted by molar-refractivity contribution is 9.10. The Hall–Kier alpha value is -0.920. The van der Waals surface area contributed by atoms with Gasteiger partial charge in [0.05, 0.1) is 16.2 Å². The first kappa shape index (κ1) is 15.5. The van der Waals surface area contributed by atoms with Gasteiger partial charge in [-0.05, 0) is 60.1 Å². The molecule has 0 radical (unpaired) electrons. The molecule has 7 heteroatoms. The molecule has 1 fully saturated rings. The van der Waals surface area contributed by atoms with Crippen molar-refractivity contribution in [2.75, 3.05) is 25.4 Å². The molecule has 1 aliphatic heterocycles. The van der Waals surface area contributed by atoms with E-state index in [1.807, 2.05) is 0 Å². The number of rotatable bonds is 5. The minimum absolute atomic E-state index is 0.00860. The van der Waals surface area contributed by atoms with Crippen LogP contribution in [0.25, 0.3) is 0 Å². The van der Waals surface area contributed by atoms with Gasteiger partial charge >= 0.3 is 5.97 Å². The number of benzene rings is 1. The third-order valence-electron chi connectivity index (χ3n) is 3.39. The van der Waals surface area contributed by atoms with E-state index in [1.165, 1.54) is 18.2 Å². The van der Waals surface area contributed by atoms with Crippen LogP contribution in [0.3, 0.4) is 0 Å². The molecule has 1 aromatic rings. The Bertz CT molecular complexity index is 609. The zero-order valence-electron chi connectivity index (χ0n) is 10.9. The van der Waals surface area contributed by atoms with Gasteiger partial charge in [-0.3, -0.25) is 0 Å². The van der Waals surface area contributed by atoms with Crippen LogP contribution in [0.2, 0.25) is 0 Å². The normalized spacial score (nSPS) is 16.4. The van der Waals surface area contributed by atoms with Crippen LogP contribution in [0.5, 0.6) is 0 Å². The van der Waals surface area contributed by atoms with Crippen molar-refractivity contribution in [2.45, 2.75) is 17.7 Å². The maximum absolute atomic E-state index is 12.3. The lowest BCUT2D eigenvalue weighted by Gasteiger charge is -2.15. The maximum atomic E-state index is 12.3. The minimum atomic E-state index is -3.49. The highest BCUT2D eigenvalue weighted by Gasteiger charge is 2.22. The van der Waals surface area contributed by atoms with Crippen molar-refractivity contribution in [3.63, 3.8) is 0 Å². The number of sulfone groups is 1. The largest absolute Gasteiger partial charge is 0.478 e. The number of hydrogen-bond acceptors (Lipinski definition) is 4. The lowest BCUT2D eigenvalue weighted by Crippen LogP contribution is -2.26. The summed E-state index contributed by atoms with van der Waals surface area (Å²) in [5, 5.41) is 8.95. The number of aromatic carboxylic acids is 1. The molecule has 1 aromatic carbocycles. The second-order valence-electron chi connectivity index (χ2n) is 4.82. The predicted molar refractivity (Wildman–Crippen MR) is 78.8 cm³/mol. The van der Waals surface area contributed by atoms with Crippen molar-refractivity contribution in [1.82, 2.24) is 4.90 Å². The minimum Gasteiger partial charge on any atom is -0.478 e. The summed E-state index contributed by atoms with van der Waals surface area (Å²) in [6.45, 7) is 2.36. The fourth-order valence-corrected chi connectivity index (χ4v) is 4.62. The van der Waals surface area contributed by atoms with Crippen molar-refractivity contribution >= 4 is 31.7 Å². The highest BCUT2D eigenvalue weighted by atomic mass is 79.9. The molecule has 5 nitrogen and oxygen atoms in total. The number of likely N-dealkylation sites (tertiary alicyclic amines) is 1. The van der Waals surface area contributed by atoms with Crippen molar-refractivity contribution in [1.29, 1.82) is 0 Å². The molecule has 110 valence electrons. The van der Waals surface area contributed by atoms with Crippen LogP contribution in [-0.4, -0.2) is 49.8 Å². The molecule has 1 aliphatic rings. The predicted octanol–water partition coefficient (Wildman–Crippen LogP) is 2.02. The molecule has 0 atom stereocenters. The summed E-state index contributed by atoms with van der Waals surface area (Å²) >= 11 is 3.18. The van der Waals surface area contributed by atoms with E-state index in [0.717, 1.165) is 25.9 Å². The number of carboxylic acids is 1. The van der Waals surface area contributed by atoms with E-state index in [2.05, 4.69) is 20.8 Å². The molecule has 1 N–H and O–H groups in total. The van der Waals surface area contributed by atoms with Gasteiger partial charge in [0, 0.05) is 11.0 Å². The second-order valence-corrected chi connectivity index (χ2v) is 7.75. The molecule has 0 unspecified atom stereocenters. The maximum Gasteiger partial charge on any atom is 0.335 e. The number of hydrogen-bond donors (Lipinski definition) is 1. The van der Waals surface area contributed by atoms with Gasteiger partial charge in [0.1, 0.15) is 0 Å². The summed E-state index contributed by atoms with van der Waals surface area (Å²) < 4.78 is 25.1. The van der Waals surface area contributed by atoms with E-state index in [-0.39, 0.29) is 16.2 Å². The number of nitrogens with zero attached hydrogens (tertiary/aromatic N) is 1. The first-order valence-electron chi connectivity index (χ1n) is 6.38. The van der Waals surface area contributed by atoms with Crippen molar-refractivity contribution in [2.24, 2.45) is 0 Å². The Morgan fingerprint density at radius 3 is 2.55 bits per heavy atom. The highest BCUT2D eigenvalue weighted by Crippen LogP contribution is 2.24. The quantitative estimate of drug-likeness (QED) is 0.868. The van der Waals surface area contributed by atoms with Gasteiger partial charge in [-0.2, -0.15) is 0 Å². The molecule has 0 amide bonds. The van der Waals surface area contributed by atoms with Gasteiger partial charge in [0.2, 0.25) is 0 Å². The summed E-state index contributed by atoms with van der Waals surface area (Å²) in [4.78, 5) is 13.1. The van der Waals surface area contributed by atoms with E-state index < -0.39 is 15.8 Å². The Morgan fingerprint density at radius 2 is 1.95 bits per heavy atom. The molecular formula is C13H16BrNO4S. The smallest absolute Gasteiger partial charge is 0.335 e. The molecule has 0 aliphatic carbocycles. The molecule has 0 saturated carbocycles. The van der Waals surface area contributed by atoms with Crippen molar-refractivity contribution in [3.05, 3.63) is 28.2 Å². The molecule has 20 heavy (non-hydrogen) atoms. The standard InChI is InChI=1S/C13H16BrNO4S/c14-11-4-3-10(13(16)17)9-12(11)20(18,19)8-7-15-5-1-2-6-15/h3-4,9H,1-2,5-8H2,(H,16,17). The second kappa shape index (κ2) is 6.24. The van der Waals surface area contributed by atoms with Crippen molar-refractivity contribution < 1.29 is 18.3 Å². The number of carboxylic acid groups (broad SMARTS) is 1. The van der Waals surface area contributed by atoms with Crippen LogP contribution >= 0.6 is 15.9 Å². The molecule has 0 bridgehead atoms. The summed E-state index contributed by atoms with van der Waals surface area (Å²) in [6.07, 6.45) is 2.22. The molecule has 0 spiro atoms. The summed E-state index contributed by atoms with van der Waals surface area (Å²) in [5.41, 5.74) is -0.0204. The Kier molecular flexibility index (Phi) is 4.82. The van der Waals surface area contributed by atoms with Crippen LogP contribution in [-0.2, 0) is 9.84 Å². The Balaban J connectivity index is 2.19. The van der Waals surface area contributed by atoms with E-state index >= 15 is 0 Å². The van der Waals surface area contributed by atoms with Gasteiger partial charge in [0.25, 0.3) is 0 Å². The van der Waals surface area contributed by atoms with E-state index in [0.29, 0.717) is 11.0 Å². The summed E-state index contributed by atoms with van der Waals surface area (Å²) in [5.74, 6) is -1.12. The van der Waals surface area contributed by atoms with Gasteiger partial charge in [-0.15, -0.1) is 0 Å².